The Kier molecular flexibility index (Phi) is 5.16. The molecule has 1 amide bonds. The summed E-state index contributed by atoms with van der Waals surface area (Å²) in [7, 11) is 0. The van der Waals surface area contributed by atoms with Gasteiger partial charge in [-0.2, -0.15) is 0 Å². The van der Waals surface area contributed by atoms with E-state index in [0.29, 0.717) is 10.6 Å². The second-order valence-electron chi connectivity index (χ2n) is 7.43. The lowest BCUT2D eigenvalue weighted by atomic mass is 10.1. The van der Waals surface area contributed by atoms with E-state index in [1.54, 1.807) is 6.07 Å². The number of halogens is 1. The predicted octanol–water partition coefficient (Wildman–Crippen LogP) is 6.52. The van der Waals surface area contributed by atoms with E-state index in [9.17, 15) is 4.79 Å². The van der Waals surface area contributed by atoms with Crippen molar-refractivity contribution in [3.05, 3.63) is 99.7 Å². The number of amides is 1. The molecule has 0 aliphatic heterocycles. The smallest absolute Gasteiger partial charge is 0.255 e. The zero-order valence-corrected chi connectivity index (χ0v) is 17.5. The fourth-order valence-corrected chi connectivity index (χ4v) is 3.86. The number of benzene rings is 3. The van der Waals surface area contributed by atoms with Crippen LogP contribution in [0.25, 0.3) is 10.9 Å². The topological polar surface area (TPSA) is 34.0 Å². The molecule has 146 valence electrons. The maximum atomic E-state index is 12.9. The first kappa shape index (κ1) is 19.3. The van der Waals surface area contributed by atoms with E-state index in [0.717, 1.165) is 28.7 Å². The van der Waals surface area contributed by atoms with E-state index >= 15 is 0 Å². The molecule has 0 atom stereocenters. The third-order valence-electron chi connectivity index (χ3n) is 5.53. The normalized spacial score (nSPS) is 11.0. The molecule has 0 bridgehead atoms. The Bertz CT molecular complexity index is 1210. The molecule has 29 heavy (non-hydrogen) atoms. The predicted molar refractivity (Wildman–Crippen MR) is 121 cm³/mol. The van der Waals surface area contributed by atoms with Crippen molar-refractivity contribution in [2.45, 2.75) is 27.3 Å². The molecule has 1 aromatic heterocycles. The van der Waals surface area contributed by atoms with Crippen molar-refractivity contribution in [2.75, 3.05) is 5.32 Å². The van der Waals surface area contributed by atoms with Crippen molar-refractivity contribution in [1.29, 1.82) is 0 Å². The van der Waals surface area contributed by atoms with Crippen molar-refractivity contribution in [3.63, 3.8) is 0 Å². The Hall–Kier alpha value is -3.04. The van der Waals surface area contributed by atoms with Gasteiger partial charge in [0.2, 0.25) is 0 Å². The maximum absolute atomic E-state index is 12.9. The van der Waals surface area contributed by atoms with Gasteiger partial charge in [-0.3, -0.25) is 4.79 Å². The van der Waals surface area contributed by atoms with Crippen LogP contribution in [0.3, 0.4) is 0 Å². The van der Waals surface area contributed by atoms with Gasteiger partial charge in [0.15, 0.2) is 0 Å². The monoisotopic (exact) mass is 402 g/mol. The van der Waals surface area contributed by atoms with E-state index in [-0.39, 0.29) is 5.91 Å². The van der Waals surface area contributed by atoms with E-state index in [2.05, 4.69) is 48.0 Å². The van der Waals surface area contributed by atoms with Gasteiger partial charge in [0.05, 0.1) is 0 Å². The van der Waals surface area contributed by atoms with E-state index in [1.165, 1.54) is 16.8 Å². The van der Waals surface area contributed by atoms with Crippen LogP contribution in [-0.2, 0) is 6.54 Å². The molecule has 0 saturated carbocycles. The van der Waals surface area contributed by atoms with Gasteiger partial charge in [-0.25, -0.2) is 0 Å². The molecule has 0 radical (unpaired) electrons. The Morgan fingerprint density at radius 3 is 2.48 bits per heavy atom. The summed E-state index contributed by atoms with van der Waals surface area (Å²) in [4.78, 5) is 12.9. The molecule has 0 spiro atoms. The molecule has 1 N–H and O–H groups in total. The van der Waals surface area contributed by atoms with Crippen molar-refractivity contribution in [2.24, 2.45) is 0 Å². The summed E-state index contributed by atoms with van der Waals surface area (Å²) >= 11 is 6.08. The number of nitrogens with one attached hydrogen (secondary N) is 1. The fourth-order valence-electron chi connectivity index (χ4n) is 3.68. The zero-order chi connectivity index (χ0) is 20.5. The van der Waals surface area contributed by atoms with Crippen LogP contribution in [0.1, 0.15) is 32.7 Å². The van der Waals surface area contributed by atoms with Crippen molar-refractivity contribution >= 4 is 34.1 Å². The van der Waals surface area contributed by atoms with Crippen LogP contribution >= 0.6 is 11.6 Å². The van der Waals surface area contributed by atoms with Crippen LogP contribution < -0.4 is 5.32 Å². The molecule has 1 heterocycles. The first-order chi connectivity index (χ1) is 13.9. The number of rotatable bonds is 4. The summed E-state index contributed by atoms with van der Waals surface area (Å²) in [5.74, 6) is -0.134. The molecule has 0 unspecified atom stereocenters. The average molecular weight is 403 g/mol. The molecule has 0 aliphatic rings. The minimum absolute atomic E-state index is 0.134. The largest absolute Gasteiger partial charge is 0.340 e. The van der Waals surface area contributed by atoms with E-state index in [4.69, 9.17) is 11.6 Å². The number of nitrogens with zero attached hydrogens (tertiary/aromatic N) is 1. The van der Waals surface area contributed by atoms with Crippen molar-refractivity contribution in [1.82, 2.24) is 4.57 Å². The van der Waals surface area contributed by atoms with Crippen LogP contribution in [0, 0.1) is 20.8 Å². The summed E-state index contributed by atoms with van der Waals surface area (Å²) in [5, 5.41) is 4.69. The third kappa shape index (κ3) is 3.79. The quantitative estimate of drug-likeness (QED) is 0.414. The van der Waals surface area contributed by atoms with Gasteiger partial charge in [-0.1, -0.05) is 48.0 Å². The van der Waals surface area contributed by atoms with Crippen LogP contribution in [0.15, 0.2) is 66.7 Å². The zero-order valence-electron chi connectivity index (χ0n) is 16.8. The Morgan fingerprint density at radius 1 is 0.966 bits per heavy atom. The van der Waals surface area contributed by atoms with Gasteiger partial charge >= 0.3 is 0 Å². The van der Waals surface area contributed by atoms with Gasteiger partial charge in [0.1, 0.15) is 0 Å². The highest BCUT2D eigenvalue weighted by Crippen LogP contribution is 2.28. The minimum Gasteiger partial charge on any atom is -0.340 e. The summed E-state index contributed by atoms with van der Waals surface area (Å²) in [6, 6.07) is 21.8. The van der Waals surface area contributed by atoms with E-state index < -0.39 is 0 Å². The standard InChI is InChI=1S/C25H23ClN2O/c1-16-9-11-21(26)14-23(16)27-25(29)20-10-12-24-22(13-20)17(2)18(3)28(24)15-19-7-5-4-6-8-19/h4-14H,15H2,1-3H3,(H,27,29). The third-order valence-corrected chi connectivity index (χ3v) is 5.77. The lowest BCUT2D eigenvalue weighted by Crippen LogP contribution is -2.12. The van der Waals surface area contributed by atoms with Gasteiger partial charge in [0, 0.05) is 39.4 Å². The molecular formula is C25H23ClN2O. The number of fused-ring (bicyclic) bond motifs is 1. The van der Waals surface area contributed by atoms with Crippen LogP contribution in [0.5, 0.6) is 0 Å². The highest BCUT2D eigenvalue weighted by atomic mass is 35.5. The molecule has 3 aromatic carbocycles. The molecule has 4 rings (SSSR count). The van der Waals surface area contributed by atoms with Crippen LogP contribution in [0.4, 0.5) is 5.69 Å². The summed E-state index contributed by atoms with van der Waals surface area (Å²) in [5.41, 5.74) is 7.15. The van der Waals surface area contributed by atoms with Crippen molar-refractivity contribution in [3.8, 4) is 0 Å². The van der Waals surface area contributed by atoms with Gasteiger partial charge in [-0.05, 0) is 67.8 Å². The first-order valence-electron chi connectivity index (χ1n) is 9.65. The molecular weight excluding hydrogens is 380 g/mol. The lowest BCUT2D eigenvalue weighted by Gasteiger charge is -2.10. The Labute approximate surface area is 175 Å². The highest BCUT2D eigenvalue weighted by Gasteiger charge is 2.15. The molecule has 3 nitrogen and oxygen atoms in total. The number of anilines is 1. The Morgan fingerprint density at radius 2 is 1.72 bits per heavy atom. The molecule has 4 heteroatoms. The number of carbonyl (C=O) groups excluding carboxylic acids is 1. The first-order valence-corrected chi connectivity index (χ1v) is 10.0. The summed E-state index contributed by atoms with van der Waals surface area (Å²) in [6.45, 7) is 7.01. The Balaban J connectivity index is 1.68. The second-order valence-corrected chi connectivity index (χ2v) is 7.86. The number of hydrogen-bond acceptors (Lipinski definition) is 1. The van der Waals surface area contributed by atoms with E-state index in [1.807, 2.05) is 43.3 Å². The molecule has 0 aliphatic carbocycles. The summed E-state index contributed by atoms with van der Waals surface area (Å²) < 4.78 is 2.31. The lowest BCUT2D eigenvalue weighted by molar-refractivity contribution is 0.102. The van der Waals surface area contributed by atoms with Gasteiger partial charge in [0.25, 0.3) is 5.91 Å². The van der Waals surface area contributed by atoms with Crippen LogP contribution in [-0.4, -0.2) is 10.5 Å². The fraction of sp³-hybridized carbons (Fsp3) is 0.160. The SMILES string of the molecule is Cc1ccc(Cl)cc1NC(=O)c1ccc2c(c1)c(C)c(C)n2Cc1ccccc1. The molecule has 0 saturated heterocycles. The average Bonchev–Trinajstić information content (AvgIpc) is 2.96. The number of hydrogen-bond donors (Lipinski definition) is 1. The number of aryl methyl sites for hydroxylation is 2. The molecule has 0 fully saturated rings. The second kappa shape index (κ2) is 7.76. The van der Waals surface area contributed by atoms with Crippen molar-refractivity contribution < 1.29 is 4.79 Å². The molecule has 4 aromatic rings. The highest BCUT2D eigenvalue weighted by molar-refractivity contribution is 6.31. The van der Waals surface area contributed by atoms with Gasteiger partial charge in [-0.15, -0.1) is 0 Å². The number of carbonyl (C=O) groups is 1. The van der Waals surface area contributed by atoms with Gasteiger partial charge < -0.3 is 9.88 Å². The minimum atomic E-state index is -0.134. The number of aromatic nitrogens is 1. The van der Waals surface area contributed by atoms with Crippen LogP contribution in [0.2, 0.25) is 5.02 Å². The maximum Gasteiger partial charge on any atom is 0.255 e. The summed E-state index contributed by atoms with van der Waals surface area (Å²) in [6.07, 6.45) is 0.